The van der Waals surface area contributed by atoms with Gasteiger partial charge in [0.1, 0.15) is 0 Å². The normalized spacial score (nSPS) is 13.2. The highest BCUT2D eigenvalue weighted by atomic mass is 14.5. The molecule has 0 fully saturated rings. The zero-order chi connectivity index (χ0) is 14.9. The van der Waals surface area contributed by atoms with Gasteiger partial charge in [-0.05, 0) is 31.7 Å². The van der Waals surface area contributed by atoms with Crippen LogP contribution < -0.4 is 5.73 Å². The number of rotatable bonds is 15. The van der Waals surface area contributed by atoms with Crippen LogP contribution in [0.4, 0.5) is 0 Å². The van der Waals surface area contributed by atoms with Crippen LogP contribution in [0.1, 0.15) is 97.3 Å². The molecule has 0 saturated carbocycles. The molecule has 1 heteroatoms. The summed E-state index contributed by atoms with van der Waals surface area (Å²) in [6, 6.07) is 0. The second kappa shape index (κ2) is 16.8. The maximum absolute atomic E-state index is 5.54. The van der Waals surface area contributed by atoms with Crippen molar-refractivity contribution in [3.8, 4) is 0 Å². The Kier molecular flexibility index (Phi) is 16.5. The van der Waals surface area contributed by atoms with Crippen LogP contribution in [0.2, 0.25) is 0 Å². The smallest absolute Gasteiger partial charge is 0.00718 e. The van der Waals surface area contributed by atoms with Gasteiger partial charge in [-0.1, -0.05) is 90.2 Å². The lowest BCUT2D eigenvalue weighted by molar-refractivity contribution is 0.550. The van der Waals surface area contributed by atoms with E-state index in [9.17, 15) is 0 Å². The molecule has 2 N–H and O–H groups in total. The van der Waals surface area contributed by atoms with Gasteiger partial charge in [-0.3, -0.25) is 0 Å². The molecule has 0 amide bonds. The van der Waals surface area contributed by atoms with E-state index in [1.165, 1.54) is 77.0 Å². The van der Waals surface area contributed by atoms with Crippen molar-refractivity contribution in [2.24, 2.45) is 11.7 Å². The number of hydrogen-bond donors (Lipinski definition) is 1. The third-order valence-electron chi connectivity index (χ3n) is 4.06. The van der Waals surface area contributed by atoms with E-state index in [0.717, 1.165) is 13.0 Å². The lowest BCUT2D eigenvalue weighted by Gasteiger charge is -2.03. The maximum atomic E-state index is 5.54. The van der Waals surface area contributed by atoms with Crippen LogP contribution in [0.15, 0.2) is 12.2 Å². The van der Waals surface area contributed by atoms with Gasteiger partial charge in [-0.15, -0.1) is 0 Å². The molecule has 0 aliphatic carbocycles. The molecule has 0 aromatic heterocycles. The van der Waals surface area contributed by atoms with Crippen molar-refractivity contribution in [3.05, 3.63) is 12.2 Å². The van der Waals surface area contributed by atoms with Crippen LogP contribution in [0, 0.1) is 5.92 Å². The topological polar surface area (TPSA) is 26.0 Å². The van der Waals surface area contributed by atoms with Crippen molar-refractivity contribution in [2.75, 3.05) is 6.54 Å². The van der Waals surface area contributed by atoms with Crippen molar-refractivity contribution in [1.29, 1.82) is 0 Å². The molecule has 0 aliphatic heterocycles. The molecule has 0 aliphatic rings. The van der Waals surface area contributed by atoms with Gasteiger partial charge in [0.15, 0.2) is 0 Å². The minimum absolute atomic E-state index is 0.660. The van der Waals surface area contributed by atoms with E-state index < -0.39 is 0 Å². The van der Waals surface area contributed by atoms with E-state index in [-0.39, 0.29) is 0 Å². The average molecular weight is 282 g/mol. The van der Waals surface area contributed by atoms with Crippen molar-refractivity contribution < 1.29 is 0 Å². The highest BCUT2D eigenvalue weighted by Crippen LogP contribution is 2.12. The summed E-state index contributed by atoms with van der Waals surface area (Å²) in [4.78, 5) is 0. The molecule has 1 nitrogen and oxygen atoms in total. The molecule has 20 heavy (non-hydrogen) atoms. The summed E-state index contributed by atoms with van der Waals surface area (Å²) in [6.45, 7) is 5.35. The van der Waals surface area contributed by atoms with Crippen LogP contribution >= 0.6 is 0 Å². The molecule has 120 valence electrons. The van der Waals surface area contributed by atoms with E-state index >= 15 is 0 Å². The molecule has 0 bridgehead atoms. The lowest BCUT2D eigenvalue weighted by atomic mass is 10.0. The summed E-state index contributed by atoms with van der Waals surface area (Å²) in [5.41, 5.74) is 5.54. The first-order valence-corrected chi connectivity index (χ1v) is 9.18. The van der Waals surface area contributed by atoms with Gasteiger partial charge in [0.2, 0.25) is 0 Å². The highest BCUT2D eigenvalue weighted by Gasteiger charge is 1.94. The Morgan fingerprint density at radius 2 is 1.30 bits per heavy atom. The zero-order valence-electron chi connectivity index (χ0n) is 14.2. The highest BCUT2D eigenvalue weighted by molar-refractivity contribution is 4.86. The zero-order valence-corrected chi connectivity index (χ0v) is 14.2. The first-order chi connectivity index (χ1) is 9.81. The average Bonchev–Trinajstić information content (AvgIpc) is 2.44. The molecular formula is C19H39N. The Labute approximate surface area is 128 Å². The quantitative estimate of drug-likeness (QED) is 0.279. The van der Waals surface area contributed by atoms with Crippen molar-refractivity contribution >= 4 is 0 Å². The summed E-state index contributed by atoms with van der Waals surface area (Å²) in [5.74, 6) is 0.660. The van der Waals surface area contributed by atoms with Gasteiger partial charge < -0.3 is 5.73 Å². The summed E-state index contributed by atoms with van der Waals surface area (Å²) < 4.78 is 0. The van der Waals surface area contributed by atoms with Crippen LogP contribution in [-0.2, 0) is 0 Å². The first-order valence-electron chi connectivity index (χ1n) is 9.18. The van der Waals surface area contributed by atoms with Crippen molar-refractivity contribution in [2.45, 2.75) is 97.3 Å². The molecule has 1 atom stereocenters. The molecule has 1 unspecified atom stereocenters. The van der Waals surface area contributed by atoms with Crippen molar-refractivity contribution in [3.63, 3.8) is 0 Å². The molecular weight excluding hydrogens is 242 g/mol. The third-order valence-corrected chi connectivity index (χ3v) is 4.06. The number of hydrogen-bond acceptors (Lipinski definition) is 1. The standard InChI is InChI=1S/C19H39N/c1-3-4-5-6-7-8-9-10-11-12-13-14-15-16-19(2)17-18-20/h15-16,19H,3-14,17-18,20H2,1-2H3/b16-15+. The van der Waals surface area contributed by atoms with Gasteiger partial charge in [0.05, 0.1) is 0 Å². The molecule has 0 rings (SSSR count). The molecule has 0 saturated heterocycles. The largest absolute Gasteiger partial charge is 0.330 e. The predicted octanol–water partition coefficient (Wildman–Crippen LogP) is 6.23. The van der Waals surface area contributed by atoms with Crippen LogP contribution in [0.3, 0.4) is 0 Å². The van der Waals surface area contributed by atoms with E-state index in [0.29, 0.717) is 5.92 Å². The Morgan fingerprint density at radius 3 is 1.80 bits per heavy atom. The van der Waals surface area contributed by atoms with Gasteiger partial charge in [0.25, 0.3) is 0 Å². The summed E-state index contributed by atoms with van der Waals surface area (Å²) in [6.07, 6.45) is 22.8. The summed E-state index contributed by atoms with van der Waals surface area (Å²) in [5, 5.41) is 0. The Hall–Kier alpha value is -0.300. The molecule has 0 aromatic carbocycles. The minimum Gasteiger partial charge on any atom is -0.330 e. The maximum Gasteiger partial charge on any atom is -0.00718 e. The van der Waals surface area contributed by atoms with Crippen LogP contribution in [-0.4, -0.2) is 6.54 Å². The SMILES string of the molecule is CCCCCCCCCCCCC/C=C/C(C)CCN. The minimum atomic E-state index is 0.660. The van der Waals surface area contributed by atoms with Gasteiger partial charge in [-0.2, -0.15) is 0 Å². The number of unbranched alkanes of at least 4 members (excludes halogenated alkanes) is 11. The fourth-order valence-electron chi connectivity index (χ4n) is 2.61. The Balaban J connectivity index is 3.09. The fourth-order valence-corrected chi connectivity index (χ4v) is 2.61. The molecule has 0 aromatic rings. The molecule has 0 heterocycles. The second-order valence-corrected chi connectivity index (χ2v) is 6.31. The Morgan fingerprint density at radius 1 is 0.800 bits per heavy atom. The molecule has 0 spiro atoms. The molecule has 0 radical (unpaired) electrons. The monoisotopic (exact) mass is 281 g/mol. The van der Waals surface area contributed by atoms with E-state index in [1.54, 1.807) is 0 Å². The van der Waals surface area contributed by atoms with Crippen LogP contribution in [0.5, 0.6) is 0 Å². The number of nitrogens with two attached hydrogens (primary N) is 1. The lowest BCUT2D eigenvalue weighted by Crippen LogP contribution is -2.03. The van der Waals surface area contributed by atoms with Gasteiger partial charge in [0, 0.05) is 0 Å². The first kappa shape index (κ1) is 19.7. The van der Waals surface area contributed by atoms with Gasteiger partial charge >= 0.3 is 0 Å². The second-order valence-electron chi connectivity index (χ2n) is 6.31. The predicted molar refractivity (Wildman–Crippen MR) is 93.1 cm³/mol. The Bertz CT molecular complexity index is 198. The van der Waals surface area contributed by atoms with Crippen LogP contribution in [0.25, 0.3) is 0 Å². The van der Waals surface area contributed by atoms with Gasteiger partial charge in [-0.25, -0.2) is 0 Å². The van der Waals surface area contributed by atoms with E-state index in [4.69, 9.17) is 5.73 Å². The third kappa shape index (κ3) is 15.8. The van der Waals surface area contributed by atoms with E-state index in [2.05, 4.69) is 26.0 Å². The van der Waals surface area contributed by atoms with Crippen molar-refractivity contribution in [1.82, 2.24) is 0 Å². The fraction of sp³-hybridized carbons (Fsp3) is 0.895. The number of allylic oxidation sites excluding steroid dienone is 2. The summed E-state index contributed by atoms with van der Waals surface area (Å²) >= 11 is 0. The van der Waals surface area contributed by atoms with E-state index in [1.807, 2.05) is 0 Å². The summed E-state index contributed by atoms with van der Waals surface area (Å²) in [7, 11) is 0.